The summed E-state index contributed by atoms with van der Waals surface area (Å²) in [5, 5.41) is 3.19. The number of rotatable bonds is 4. The number of thiazole rings is 1. The van der Waals surface area contributed by atoms with E-state index < -0.39 is 0 Å². The zero-order valence-electron chi connectivity index (χ0n) is 13.3. The molecule has 0 saturated carbocycles. The summed E-state index contributed by atoms with van der Waals surface area (Å²) in [5.41, 5.74) is 7.71. The molecule has 3 rings (SSSR count). The molecular weight excluding hydrogens is 385 g/mol. The number of aryl methyl sites for hydroxylation is 1. The molecule has 132 valence electrons. The molecule has 2 aromatic rings. The van der Waals surface area contributed by atoms with Gasteiger partial charge >= 0.3 is 0 Å². The summed E-state index contributed by atoms with van der Waals surface area (Å²) in [6.45, 7) is 3.45. The van der Waals surface area contributed by atoms with Crippen LogP contribution in [0.4, 0.5) is 0 Å². The van der Waals surface area contributed by atoms with Gasteiger partial charge in [-0.25, -0.2) is 4.98 Å². The largest absolute Gasteiger partial charge is 0.337 e. The number of benzene rings is 1. The first-order chi connectivity index (χ1) is 10.6. The lowest BCUT2D eigenvalue weighted by molar-refractivity contribution is 0.0791. The second kappa shape index (κ2) is 9.63. The van der Waals surface area contributed by atoms with Gasteiger partial charge in [-0.2, -0.15) is 0 Å². The van der Waals surface area contributed by atoms with Crippen LogP contribution in [0.5, 0.6) is 0 Å². The zero-order valence-corrected chi connectivity index (χ0v) is 16.6. The van der Waals surface area contributed by atoms with Crippen LogP contribution in [0.2, 0.25) is 0 Å². The van der Waals surface area contributed by atoms with E-state index in [1.807, 2.05) is 36.1 Å². The molecule has 1 atom stereocenters. The van der Waals surface area contributed by atoms with E-state index in [4.69, 9.17) is 5.73 Å². The molecule has 2 N–H and O–H groups in total. The quantitative estimate of drug-likeness (QED) is 0.786. The van der Waals surface area contributed by atoms with Crippen molar-refractivity contribution in [2.45, 2.75) is 30.0 Å². The highest BCUT2D eigenvalue weighted by atomic mass is 35.5. The lowest BCUT2D eigenvalue weighted by atomic mass is 10.2. The Morgan fingerprint density at radius 1 is 1.38 bits per heavy atom. The van der Waals surface area contributed by atoms with Gasteiger partial charge in [-0.1, -0.05) is 0 Å². The van der Waals surface area contributed by atoms with Gasteiger partial charge in [0.1, 0.15) is 0 Å². The van der Waals surface area contributed by atoms with Crippen molar-refractivity contribution in [3.8, 4) is 0 Å². The van der Waals surface area contributed by atoms with Crippen molar-refractivity contribution in [2.75, 3.05) is 13.1 Å². The van der Waals surface area contributed by atoms with Crippen LogP contribution in [-0.4, -0.2) is 34.9 Å². The van der Waals surface area contributed by atoms with E-state index in [0.29, 0.717) is 6.54 Å². The van der Waals surface area contributed by atoms with Gasteiger partial charge in [0.05, 0.1) is 10.7 Å². The van der Waals surface area contributed by atoms with E-state index in [-0.39, 0.29) is 36.8 Å². The maximum absolute atomic E-state index is 12.3. The molecule has 1 amide bonds. The monoisotopic (exact) mass is 405 g/mol. The van der Waals surface area contributed by atoms with Crippen molar-refractivity contribution in [3.63, 3.8) is 0 Å². The number of thioether (sulfide) groups is 1. The van der Waals surface area contributed by atoms with Gasteiger partial charge < -0.3 is 10.6 Å². The number of halogens is 2. The van der Waals surface area contributed by atoms with Crippen molar-refractivity contribution in [2.24, 2.45) is 5.73 Å². The smallest absolute Gasteiger partial charge is 0.253 e. The molecule has 0 aliphatic carbocycles. The fourth-order valence-electron chi connectivity index (χ4n) is 2.48. The number of amides is 1. The summed E-state index contributed by atoms with van der Waals surface area (Å²) in [7, 11) is 0. The summed E-state index contributed by atoms with van der Waals surface area (Å²) < 4.78 is 0. The Kier molecular flexibility index (Phi) is 8.53. The first-order valence-electron chi connectivity index (χ1n) is 7.30. The van der Waals surface area contributed by atoms with Gasteiger partial charge in [0.2, 0.25) is 0 Å². The summed E-state index contributed by atoms with van der Waals surface area (Å²) in [5.74, 6) is 0.943. The van der Waals surface area contributed by atoms with Crippen LogP contribution in [0.15, 0.2) is 34.5 Å². The first kappa shape index (κ1) is 21.3. The van der Waals surface area contributed by atoms with Crippen molar-refractivity contribution in [3.05, 3.63) is 45.9 Å². The van der Waals surface area contributed by atoms with Crippen molar-refractivity contribution < 1.29 is 4.79 Å². The molecule has 1 aromatic carbocycles. The number of carbonyl (C=O) groups is 1. The highest BCUT2D eigenvalue weighted by Gasteiger charge is 2.24. The lowest BCUT2D eigenvalue weighted by Gasteiger charge is -2.15. The standard InChI is InChI=1S/C16H19N3OS2.2ClH/c1-11-18-14(9-21-11)10-22-15-4-2-12(3-5-15)16(20)19-7-6-13(17)8-19;;/h2-5,9,13H,6-8,10,17H2,1H3;2*1H/t13-;;/m1../s1. The number of aromatic nitrogens is 1. The van der Waals surface area contributed by atoms with Crippen LogP contribution >= 0.6 is 47.9 Å². The second-order valence-corrected chi connectivity index (χ2v) is 7.58. The third-order valence-corrected chi connectivity index (χ3v) is 5.53. The Balaban J connectivity index is 0.00000144. The maximum atomic E-state index is 12.3. The van der Waals surface area contributed by atoms with E-state index in [1.54, 1.807) is 23.1 Å². The van der Waals surface area contributed by atoms with E-state index in [2.05, 4.69) is 10.4 Å². The minimum Gasteiger partial charge on any atom is -0.337 e. The SMILES string of the molecule is Cc1nc(CSc2ccc(C(=O)N3CC[C@@H](N)C3)cc2)cs1.Cl.Cl. The predicted octanol–water partition coefficient (Wildman–Crippen LogP) is 3.76. The topological polar surface area (TPSA) is 59.2 Å². The number of nitrogens with two attached hydrogens (primary N) is 1. The summed E-state index contributed by atoms with van der Waals surface area (Å²) in [4.78, 5) is 19.8. The molecule has 2 heterocycles. The van der Waals surface area contributed by atoms with Gasteiger partial charge in [0.15, 0.2) is 0 Å². The van der Waals surface area contributed by atoms with E-state index in [0.717, 1.165) is 39.9 Å². The normalized spacial score (nSPS) is 16.4. The lowest BCUT2D eigenvalue weighted by Crippen LogP contribution is -2.31. The number of hydrogen-bond acceptors (Lipinski definition) is 5. The molecule has 8 heteroatoms. The van der Waals surface area contributed by atoms with Crippen LogP contribution in [0.1, 0.15) is 27.5 Å². The fraction of sp³-hybridized carbons (Fsp3) is 0.375. The molecule has 1 saturated heterocycles. The minimum absolute atomic E-state index is 0. The summed E-state index contributed by atoms with van der Waals surface area (Å²) >= 11 is 3.41. The van der Waals surface area contributed by atoms with Crippen LogP contribution < -0.4 is 5.73 Å². The average molecular weight is 406 g/mol. The highest BCUT2D eigenvalue weighted by Crippen LogP contribution is 2.24. The summed E-state index contributed by atoms with van der Waals surface area (Å²) in [6, 6.07) is 7.95. The van der Waals surface area contributed by atoms with E-state index in [9.17, 15) is 4.79 Å². The Hall–Kier alpha value is -0.790. The van der Waals surface area contributed by atoms with Crippen molar-refractivity contribution in [1.29, 1.82) is 0 Å². The third-order valence-electron chi connectivity index (χ3n) is 3.67. The molecule has 1 fully saturated rings. The summed E-state index contributed by atoms with van der Waals surface area (Å²) in [6.07, 6.45) is 0.896. The Morgan fingerprint density at radius 2 is 2.08 bits per heavy atom. The molecule has 1 aromatic heterocycles. The van der Waals surface area contributed by atoms with Crippen LogP contribution in [0.25, 0.3) is 0 Å². The Labute approximate surface area is 163 Å². The van der Waals surface area contributed by atoms with Gasteiger partial charge in [0, 0.05) is 40.7 Å². The predicted molar refractivity (Wildman–Crippen MR) is 106 cm³/mol. The number of nitrogens with zero attached hydrogens (tertiary/aromatic N) is 2. The van der Waals surface area contributed by atoms with Crippen LogP contribution in [-0.2, 0) is 5.75 Å². The number of hydrogen-bond donors (Lipinski definition) is 1. The maximum Gasteiger partial charge on any atom is 0.253 e. The average Bonchev–Trinajstić information content (AvgIpc) is 3.13. The fourth-order valence-corrected chi connectivity index (χ4v) is 3.99. The molecule has 0 radical (unpaired) electrons. The Morgan fingerprint density at radius 3 is 2.62 bits per heavy atom. The van der Waals surface area contributed by atoms with Gasteiger partial charge in [-0.05, 0) is 37.6 Å². The second-order valence-electron chi connectivity index (χ2n) is 5.47. The molecule has 1 aliphatic rings. The minimum atomic E-state index is 0. The van der Waals surface area contributed by atoms with E-state index in [1.165, 1.54) is 0 Å². The van der Waals surface area contributed by atoms with Gasteiger partial charge in [-0.15, -0.1) is 47.9 Å². The number of carbonyl (C=O) groups excluding carboxylic acids is 1. The van der Waals surface area contributed by atoms with Crippen molar-refractivity contribution in [1.82, 2.24) is 9.88 Å². The number of likely N-dealkylation sites (tertiary alicyclic amines) is 1. The zero-order chi connectivity index (χ0) is 15.5. The van der Waals surface area contributed by atoms with Gasteiger partial charge in [-0.3, -0.25) is 4.79 Å². The van der Waals surface area contributed by atoms with Crippen LogP contribution in [0, 0.1) is 6.92 Å². The molecular formula is C16H21Cl2N3OS2. The van der Waals surface area contributed by atoms with Crippen molar-refractivity contribution >= 4 is 53.8 Å². The highest BCUT2D eigenvalue weighted by molar-refractivity contribution is 7.98. The molecule has 0 bridgehead atoms. The molecule has 0 spiro atoms. The Bertz CT molecular complexity index is 664. The van der Waals surface area contributed by atoms with Gasteiger partial charge in [0.25, 0.3) is 5.91 Å². The van der Waals surface area contributed by atoms with E-state index >= 15 is 0 Å². The first-order valence-corrected chi connectivity index (χ1v) is 9.17. The van der Waals surface area contributed by atoms with Crippen LogP contribution in [0.3, 0.4) is 0 Å². The molecule has 0 unspecified atom stereocenters. The third kappa shape index (κ3) is 5.36. The molecule has 24 heavy (non-hydrogen) atoms. The molecule has 1 aliphatic heterocycles. The molecule has 4 nitrogen and oxygen atoms in total.